The lowest BCUT2D eigenvalue weighted by molar-refractivity contribution is 0.803. The number of rotatable bonds is 1. The molecule has 2 aromatic carbocycles. The predicted molar refractivity (Wildman–Crippen MR) is 94.6 cm³/mol. The molecule has 0 aliphatic carbocycles. The molecule has 1 aromatic heterocycles. The Bertz CT molecular complexity index is 964. The van der Waals surface area contributed by atoms with Crippen molar-refractivity contribution in [2.75, 3.05) is 0 Å². The first kappa shape index (κ1) is 14.5. The van der Waals surface area contributed by atoms with Gasteiger partial charge >= 0.3 is 0 Å². The molecule has 0 unspecified atom stereocenters. The summed E-state index contributed by atoms with van der Waals surface area (Å²) >= 11 is 7.67. The van der Waals surface area contributed by atoms with Crippen molar-refractivity contribution in [3.8, 4) is 16.9 Å². The largest absolute Gasteiger partial charge is 0.271 e. The van der Waals surface area contributed by atoms with Crippen LogP contribution in [-0.2, 0) is 5.75 Å². The molecule has 0 N–H and O–H groups in total. The van der Waals surface area contributed by atoms with E-state index in [1.165, 1.54) is 15.1 Å². The van der Waals surface area contributed by atoms with Crippen LogP contribution >= 0.6 is 23.4 Å². The Kier molecular flexibility index (Phi) is 3.51. The monoisotopic (exact) mass is 340 g/mol. The summed E-state index contributed by atoms with van der Waals surface area (Å²) in [6.07, 6.45) is 0. The fraction of sp³-hybridized carbons (Fsp3) is 0.111. The maximum absolute atomic E-state index is 12.4. The van der Waals surface area contributed by atoms with Gasteiger partial charge in [-0.3, -0.25) is 4.79 Å². The van der Waals surface area contributed by atoms with Gasteiger partial charge in [-0.1, -0.05) is 23.2 Å². The maximum atomic E-state index is 12.4. The van der Waals surface area contributed by atoms with Gasteiger partial charge in [0.1, 0.15) is 0 Å². The Labute approximate surface area is 142 Å². The molecule has 3 nitrogen and oxygen atoms in total. The molecule has 0 atom stereocenters. The number of benzene rings is 2. The van der Waals surface area contributed by atoms with E-state index in [-0.39, 0.29) is 5.56 Å². The smallest absolute Gasteiger partial charge is 0.267 e. The number of thioether (sulfide) groups is 1. The number of fused-ring (bicyclic) bond motifs is 3. The molecule has 0 saturated carbocycles. The summed E-state index contributed by atoms with van der Waals surface area (Å²) in [5, 5.41) is 5.28. The van der Waals surface area contributed by atoms with Crippen molar-refractivity contribution in [3.63, 3.8) is 0 Å². The first-order valence-electron chi connectivity index (χ1n) is 7.25. The van der Waals surface area contributed by atoms with Crippen molar-refractivity contribution in [2.24, 2.45) is 0 Å². The lowest BCUT2D eigenvalue weighted by Crippen LogP contribution is -2.23. The number of aryl methyl sites for hydroxylation is 1. The van der Waals surface area contributed by atoms with E-state index in [9.17, 15) is 4.79 Å². The van der Waals surface area contributed by atoms with Crippen LogP contribution < -0.4 is 5.56 Å². The zero-order valence-electron chi connectivity index (χ0n) is 12.4. The van der Waals surface area contributed by atoms with E-state index in [0.717, 1.165) is 28.3 Å². The molecule has 1 aliphatic rings. The molecule has 0 fully saturated rings. The molecule has 4 rings (SSSR count). The average Bonchev–Trinajstić information content (AvgIpc) is 2.55. The third kappa shape index (κ3) is 2.58. The molecule has 5 heteroatoms. The molecular formula is C18H13ClN2OS. The molecule has 0 saturated heterocycles. The SMILES string of the molecule is Cc1ccc2c(c1)-c1nn(-c3ccc(Cl)cc3)c(=O)cc1CS2. The summed E-state index contributed by atoms with van der Waals surface area (Å²) in [6.45, 7) is 2.06. The van der Waals surface area contributed by atoms with Crippen molar-refractivity contribution in [3.05, 3.63) is 75.0 Å². The Morgan fingerprint density at radius 3 is 2.70 bits per heavy atom. The molecule has 114 valence electrons. The van der Waals surface area contributed by atoms with Gasteiger partial charge in [-0.2, -0.15) is 9.78 Å². The first-order valence-corrected chi connectivity index (χ1v) is 8.61. The zero-order chi connectivity index (χ0) is 16.0. The highest BCUT2D eigenvalue weighted by Crippen LogP contribution is 2.40. The molecule has 2 heterocycles. The van der Waals surface area contributed by atoms with Crippen LogP contribution in [0.15, 0.2) is 58.2 Å². The van der Waals surface area contributed by atoms with Gasteiger partial charge in [0.25, 0.3) is 5.56 Å². The second kappa shape index (κ2) is 5.55. The fourth-order valence-corrected chi connectivity index (χ4v) is 3.84. The zero-order valence-corrected chi connectivity index (χ0v) is 14.0. The van der Waals surface area contributed by atoms with Crippen LogP contribution in [0, 0.1) is 6.92 Å². The van der Waals surface area contributed by atoms with E-state index in [1.54, 1.807) is 42.1 Å². The van der Waals surface area contributed by atoms with Crippen LogP contribution in [0.4, 0.5) is 0 Å². The van der Waals surface area contributed by atoms with Gasteiger partial charge in [0.2, 0.25) is 0 Å². The van der Waals surface area contributed by atoms with Crippen molar-refractivity contribution >= 4 is 23.4 Å². The van der Waals surface area contributed by atoms with Crippen LogP contribution in [-0.4, -0.2) is 9.78 Å². The number of aromatic nitrogens is 2. The third-order valence-corrected chi connectivity index (χ3v) is 5.23. The highest BCUT2D eigenvalue weighted by molar-refractivity contribution is 7.98. The Morgan fingerprint density at radius 2 is 1.91 bits per heavy atom. The quantitative estimate of drug-likeness (QED) is 0.655. The Balaban J connectivity index is 1.94. The van der Waals surface area contributed by atoms with Crippen molar-refractivity contribution in [1.82, 2.24) is 9.78 Å². The standard InChI is InChI=1S/C18H13ClN2OS/c1-11-2-7-16-15(8-11)18-12(10-23-16)9-17(22)21(20-18)14-5-3-13(19)4-6-14/h2-9H,10H2,1H3. The van der Waals surface area contributed by atoms with E-state index < -0.39 is 0 Å². The van der Waals surface area contributed by atoms with E-state index in [1.807, 2.05) is 0 Å². The summed E-state index contributed by atoms with van der Waals surface area (Å²) in [7, 11) is 0. The molecule has 0 radical (unpaired) electrons. The highest BCUT2D eigenvalue weighted by Gasteiger charge is 2.20. The second-order valence-corrected chi connectivity index (χ2v) is 6.99. The minimum absolute atomic E-state index is 0.122. The second-order valence-electron chi connectivity index (χ2n) is 5.53. The molecule has 0 amide bonds. The molecule has 3 aromatic rings. The van der Waals surface area contributed by atoms with Crippen molar-refractivity contribution in [1.29, 1.82) is 0 Å². The predicted octanol–water partition coefficient (Wildman–Crippen LogP) is 4.47. The van der Waals surface area contributed by atoms with E-state index in [0.29, 0.717) is 5.02 Å². The topological polar surface area (TPSA) is 34.9 Å². The van der Waals surface area contributed by atoms with Gasteiger partial charge in [-0.15, -0.1) is 11.8 Å². The minimum atomic E-state index is -0.122. The molecular weight excluding hydrogens is 328 g/mol. The van der Waals surface area contributed by atoms with E-state index in [2.05, 4.69) is 30.2 Å². The number of nitrogens with zero attached hydrogens (tertiary/aromatic N) is 2. The van der Waals surface area contributed by atoms with Gasteiger partial charge in [-0.05, 0) is 48.9 Å². The third-order valence-electron chi connectivity index (χ3n) is 3.86. The Hall–Kier alpha value is -2.04. The number of hydrogen-bond donors (Lipinski definition) is 0. The molecule has 0 spiro atoms. The van der Waals surface area contributed by atoms with Crippen molar-refractivity contribution < 1.29 is 0 Å². The summed E-state index contributed by atoms with van der Waals surface area (Å²) < 4.78 is 1.44. The summed E-state index contributed by atoms with van der Waals surface area (Å²) in [5.74, 6) is 0.773. The number of halogens is 1. The first-order chi connectivity index (χ1) is 11.1. The van der Waals surface area contributed by atoms with Crippen LogP contribution in [0.2, 0.25) is 5.02 Å². The lowest BCUT2D eigenvalue weighted by Gasteiger charge is -2.19. The maximum Gasteiger partial charge on any atom is 0.271 e. The Morgan fingerprint density at radius 1 is 1.13 bits per heavy atom. The average molecular weight is 341 g/mol. The molecule has 1 aliphatic heterocycles. The van der Waals surface area contributed by atoms with Crippen molar-refractivity contribution in [2.45, 2.75) is 17.6 Å². The van der Waals surface area contributed by atoms with Crippen LogP contribution in [0.5, 0.6) is 0 Å². The summed E-state index contributed by atoms with van der Waals surface area (Å²) in [5.41, 5.74) is 4.75. The fourth-order valence-electron chi connectivity index (χ4n) is 2.71. The molecule has 23 heavy (non-hydrogen) atoms. The summed E-state index contributed by atoms with van der Waals surface area (Å²) in [4.78, 5) is 13.6. The van der Waals surface area contributed by atoms with E-state index >= 15 is 0 Å². The normalized spacial score (nSPS) is 12.6. The van der Waals surface area contributed by atoms with Gasteiger partial charge in [0, 0.05) is 27.3 Å². The van der Waals surface area contributed by atoms with Gasteiger partial charge in [-0.25, -0.2) is 0 Å². The number of hydrogen-bond acceptors (Lipinski definition) is 3. The van der Waals surface area contributed by atoms with E-state index in [4.69, 9.17) is 11.6 Å². The van der Waals surface area contributed by atoms with Crippen LogP contribution in [0.3, 0.4) is 0 Å². The van der Waals surface area contributed by atoms with Crippen LogP contribution in [0.25, 0.3) is 16.9 Å². The van der Waals surface area contributed by atoms with Crippen LogP contribution in [0.1, 0.15) is 11.1 Å². The highest BCUT2D eigenvalue weighted by atomic mass is 35.5. The summed E-state index contributed by atoms with van der Waals surface area (Å²) in [6, 6.07) is 15.2. The van der Waals surface area contributed by atoms with Gasteiger partial charge in [0.15, 0.2) is 0 Å². The van der Waals surface area contributed by atoms with Gasteiger partial charge in [0.05, 0.1) is 11.4 Å². The minimum Gasteiger partial charge on any atom is -0.267 e. The van der Waals surface area contributed by atoms with Gasteiger partial charge < -0.3 is 0 Å². The molecule has 0 bridgehead atoms. The lowest BCUT2D eigenvalue weighted by atomic mass is 10.0.